The number of carbonyl (C=O) groups excluding carboxylic acids is 1. The third kappa shape index (κ3) is 4.39. The highest BCUT2D eigenvalue weighted by atomic mass is 16.5. The molecule has 8 heteroatoms. The van der Waals surface area contributed by atoms with E-state index < -0.39 is 0 Å². The fourth-order valence-corrected chi connectivity index (χ4v) is 3.46. The Morgan fingerprint density at radius 2 is 2.15 bits per heavy atom. The van der Waals surface area contributed by atoms with E-state index in [1.54, 1.807) is 23.3 Å². The first-order valence-electron chi connectivity index (χ1n) is 9.26. The van der Waals surface area contributed by atoms with Gasteiger partial charge in [-0.2, -0.15) is 10.1 Å². The maximum atomic E-state index is 12.5. The van der Waals surface area contributed by atoms with Gasteiger partial charge in [-0.25, -0.2) is 0 Å². The molecule has 0 radical (unpaired) electrons. The van der Waals surface area contributed by atoms with Gasteiger partial charge in [0.25, 0.3) is 5.89 Å². The quantitative estimate of drug-likeness (QED) is 0.664. The Bertz CT molecular complexity index is 861. The number of nitrogens with zero attached hydrogens (tertiary/aromatic N) is 6. The number of amides is 1. The van der Waals surface area contributed by atoms with Crippen molar-refractivity contribution in [1.29, 1.82) is 0 Å². The van der Waals surface area contributed by atoms with Crippen LogP contribution >= 0.6 is 0 Å². The molecule has 1 amide bonds. The van der Waals surface area contributed by atoms with Gasteiger partial charge in [-0.05, 0) is 43.4 Å². The Morgan fingerprint density at radius 3 is 2.96 bits per heavy atom. The van der Waals surface area contributed by atoms with Crippen molar-refractivity contribution in [2.24, 2.45) is 5.92 Å². The fourth-order valence-electron chi connectivity index (χ4n) is 3.46. The number of piperidine rings is 1. The van der Waals surface area contributed by atoms with Crippen molar-refractivity contribution in [2.45, 2.75) is 32.2 Å². The van der Waals surface area contributed by atoms with Gasteiger partial charge in [-0.1, -0.05) is 5.16 Å². The molecule has 3 aromatic heterocycles. The smallest absolute Gasteiger partial charge is 0.258 e. The normalized spacial score (nSPS) is 17.2. The Kier molecular flexibility index (Phi) is 5.22. The summed E-state index contributed by atoms with van der Waals surface area (Å²) in [6, 6.07) is 5.53. The van der Waals surface area contributed by atoms with Crippen LogP contribution in [-0.4, -0.2) is 48.8 Å². The molecule has 4 heterocycles. The van der Waals surface area contributed by atoms with Gasteiger partial charge >= 0.3 is 0 Å². The van der Waals surface area contributed by atoms with Crippen LogP contribution in [0.15, 0.2) is 47.5 Å². The Labute approximate surface area is 157 Å². The summed E-state index contributed by atoms with van der Waals surface area (Å²) in [6.07, 6.45) is 10.8. The van der Waals surface area contributed by atoms with Crippen molar-refractivity contribution in [3.63, 3.8) is 0 Å². The van der Waals surface area contributed by atoms with Crippen molar-refractivity contribution in [1.82, 2.24) is 29.8 Å². The predicted molar refractivity (Wildman–Crippen MR) is 97.4 cm³/mol. The van der Waals surface area contributed by atoms with Crippen LogP contribution in [0.4, 0.5) is 0 Å². The van der Waals surface area contributed by atoms with Crippen LogP contribution in [0.2, 0.25) is 0 Å². The van der Waals surface area contributed by atoms with Crippen molar-refractivity contribution < 1.29 is 9.32 Å². The van der Waals surface area contributed by atoms with Gasteiger partial charge in [0, 0.05) is 49.9 Å². The minimum absolute atomic E-state index is 0.128. The van der Waals surface area contributed by atoms with Crippen molar-refractivity contribution in [3.05, 3.63) is 48.8 Å². The third-order valence-electron chi connectivity index (χ3n) is 4.90. The Hall–Kier alpha value is -3.03. The van der Waals surface area contributed by atoms with E-state index >= 15 is 0 Å². The van der Waals surface area contributed by atoms with Gasteiger partial charge < -0.3 is 9.42 Å². The first-order chi connectivity index (χ1) is 13.3. The molecule has 0 aliphatic carbocycles. The van der Waals surface area contributed by atoms with E-state index in [1.807, 2.05) is 29.3 Å². The van der Waals surface area contributed by atoms with Crippen LogP contribution in [0.1, 0.15) is 25.1 Å². The summed E-state index contributed by atoms with van der Waals surface area (Å²) < 4.78 is 7.02. The second-order valence-electron chi connectivity index (χ2n) is 6.84. The van der Waals surface area contributed by atoms with Crippen molar-refractivity contribution >= 4 is 5.91 Å². The average Bonchev–Trinajstić information content (AvgIpc) is 3.39. The maximum absolute atomic E-state index is 12.5. The van der Waals surface area contributed by atoms with Gasteiger partial charge in [-0.15, -0.1) is 0 Å². The van der Waals surface area contributed by atoms with E-state index in [-0.39, 0.29) is 5.91 Å². The van der Waals surface area contributed by atoms with Crippen LogP contribution in [0.25, 0.3) is 11.5 Å². The summed E-state index contributed by atoms with van der Waals surface area (Å²) in [5, 5.41) is 8.19. The molecule has 0 saturated carbocycles. The molecule has 1 atom stereocenters. The molecular weight excluding hydrogens is 344 g/mol. The molecule has 0 bridgehead atoms. The lowest BCUT2D eigenvalue weighted by Crippen LogP contribution is -2.41. The number of hydrogen-bond acceptors (Lipinski definition) is 6. The summed E-state index contributed by atoms with van der Waals surface area (Å²) in [4.78, 5) is 22.9. The fraction of sp³-hybridized carbons (Fsp3) is 0.421. The van der Waals surface area contributed by atoms with Crippen LogP contribution in [-0.2, 0) is 17.8 Å². The first-order valence-corrected chi connectivity index (χ1v) is 9.26. The lowest BCUT2D eigenvalue weighted by molar-refractivity contribution is -0.133. The van der Waals surface area contributed by atoms with Gasteiger partial charge in [-0.3, -0.25) is 14.5 Å². The van der Waals surface area contributed by atoms with Crippen LogP contribution < -0.4 is 0 Å². The van der Waals surface area contributed by atoms with Crippen molar-refractivity contribution in [2.75, 3.05) is 13.1 Å². The zero-order valence-corrected chi connectivity index (χ0v) is 15.1. The molecule has 0 spiro atoms. The van der Waals surface area contributed by atoms with E-state index in [0.717, 1.165) is 44.3 Å². The Morgan fingerprint density at radius 1 is 1.26 bits per heavy atom. The lowest BCUT2D eigenvalue weighted by Gasteiger charge is -2.32. The molecule has 27 heavy (non-hydrogen) atoms. The molecule has 1 aliphatic heterocycles. The first kappa shape index (κ1) is 17.4. The summed E-state index contributed by atoms with van der Waals surface area (Å²) in [6.45, 7) is 1.92. The molecule has 1 saturated heterocycles. The highest BCUT2D eigenvalue weighted by molar-refractivity contribution is 5.76. The zero-order valence-electron chi connectivity index (χ0n) is 15.1. The topological polar surface area (TPSA) is 89.9 Å². The molecule has 1 aliphatic rings. The number of carbonyl (C=O) groups is 1. The van der Waals surface area contributed by atoms with Crippen LogP contribution in [0, 0.1) is 5.92 Å². The maximum Gasteiger partial charge on any atom is 0.258 e. The second kappa shape index (κ2) is 8.11. The summed E-state index contributed by atoms with van der Waals surface area (Å²) in [5.41, 5.74) is 0.872. The number of pyridine rings is 1. The van der Waals surface area contributed by atoms with Crippen molar-refractivity contribution in [3.8, 4) is 11.5 Å². The minimum atomic E-state index is 0.128. The molecule has 140 valence electrons. The number of aromatic nitrogens is 5. The number of hydrogen-bond donors (Lipinski definition) is 0. The van der Waals surface area contributed by atoms with Gasteiger partial charge in [0.05, 0.1) is 0 Å². The molecule has 4 rings (SSSR count). The standard InChI is InChI=1S/C19H22N6O2/c26-18(14-25-12-2-8-21-25)24-11-1-3-15(13-24)4-5-17-22-19(27-23-17)16-6-9-20-10-7-16/h2,6-10,12,15H,1,3-5,11,13-14H2. The lowest BCUT2D eigenvalue weighted by atomic mass is 9.93. The molecule has 8 nitrogen and oxygen atoms in total. The highest BCUT2D eigenvalue weighted by Crippen LogP contribution is 2.22. The van der Waals surface area contributed by atoms with E-state index in [1.165, 1.54) is 0 Å². The van der Waals surface area contributed by atoms with Crippen LogP contribution in [0.5, 0.6) is 0 Å². The number of aryl methyl sites for hydroxylation is 1. The third-order valence-corrected chi connectivity index (χ3v) is 4.90. The number of likely N-dealkylation sites (tertiary alicyclic amines) is 1. The minimum Gasteiger partial charge on any atom is -0.341 e. The molecule has 0 aromatic carbocycles. The van der Waals surface area contributed by atoms with Gasteiger partial charge in [0.15, 0.2) is 5.82 Å². The van der Waals surface area contributed by atoms with Gasteiger partial charge in [0.1, 0.15) is 6.54 Å². The van der Waals surface area contributed by atoms with Gasteiger partial charge in [0.2, 0.25) is 5.91 Å². The molecule has 1 unspecified atom stereocenters. The molecular formula is C19H22N6O2. The summed E-state index contributed by atoms with van der Waals surface area (Å²) in [7, 11) is 0. The average molecular weight is 366 g/mol. The monoisotopic (exact) mass is 366 g/mol. The van der Waals surface area contributed by atoms with E-state index in [4.69, 9.17) is 4.52 Å². The molecule has 3 aromatic rings. The zero-order chi connectivity index (χ0) is 18.5. The largest absolute Gasteiger partial charge is 0.341 e. The number of rotatable bonds is 6. The predicted octanol–water partition coefficient (Wildman–Crippen LogP) is 2.20. The SMILES string of the molecule is O=C(Cn1cccn1)N1CCCC(CCc2noc(-c3ccncc3)n2)C1. The van der Waals surface area contributed by atoms with E-state index in [0.29, 0.717) is 24.2 Å². The summed E-state index contributed by atoms with van der Waals surface area (Å²) in [5.74, 6) is 1.82. The van der Waals surface area contributed by atoms with E-state index in [9.17, 15) is 4.79 Å². The highest BCUT2D eigenvalue weighted by Gasteiger charge is 2.24. The molecule has 0 N–H and O–H groups in total. The Balaban J connectivity index is 1.29. The van der Waals surface area contributed by atoms with E-state index in [2.05, 4.69) is 20.2 Å². The summed E-state index contributed by atoms with van der Waals surface area (Å²) >= 11 is 0. The molecule has 1 fully saturated rings. The van der Waals surface area contributed by atoms with Crippen LogP contribution in [0.3, 0.4) is 0 Å². The second-order valence-corrected chi connectivity index (χ2v) is 6.84.